The molecule has 0 radical (unpaired) electrons. The number of benzene rings is 5. The largest absolute Gasteiger partial charge is 0.337 e. The summed E-state index contributed by atoms with van der Waals surface area (Å²) in [5.41, 5.74) is 8.89. The van der Waals surface area contributed by atoms with Gasteiger partial charge in [-0.1, -0.05) is 87.0 Å². The van der Waals surface area contributed by atoms with Crippen LogP contribution in [0.4, 0.5) is 0 Å². The fourth-order valence-corrected chi connectivity index (χ4v) is 6.43. The van der Waals surface area contributed by atoms with Gasteiger partial charge in [-0.15, -0.1) is 0 Å². The standard InChI is InChI=1S/C36H32N2/c1-3-12-27(4-2)37-33-17-10-8-15-29(33)31-23-25(19-21-35(31)37)26-20-22-36-32(24-26)30-16-9-11-18-34(30)38(36)28-13-6-5-7-14-28/h5-11,13-24,27H,3-4,12H2,1-2H3. The maximum Gasteiger partial charge on any atom is 0.0541 e. The second-order valence-corrected chi connectivity index (χ2v) is 10.4. The average molecular weight is 493 g/mol. The molecule has 2 heteroatoms. The maximum atomic E-state index is 2.59. The number of nitrogens with zero attached hydrogens (tertiary/aromatic N) is 2. The first-order valence-corrected chi connectivity index (χ1v) is 13.9. The Bertz CT molecular complexity index is 1920. The van der Waals surface area contributed by atoms with Crippen LogP contribution < -0.4 is 0 Å². The molecule has 0 bridgehead atoms. The summed E-state index contributed by atoms with van der Waals surface area (Å²) in [6.45, 7) is 4.61. The number of hydrogen-bond acceptors (Lipinski definition) is 0. The highest BCUT2D eigenvalue weighted by Crippen LogP contribution is 2.39. The normalized spacial score (nSPS) is 12.7. The molecule has 7 aromatic rings. The van der Waals surface area contributed by atoms with E-state index in [0.717, 1.165) is 6.42 Å². The van der Waals surface area contributed by atoms with E-state index >= 15 is 0 Å². The second kappa shape index (κ2) is 9.22. The summed E-state index contributed by atoms with van der Waals surface area (Å²) in [5, 5.41) is 5.27. The van der Waals surface area contributed by atoms with Gasteiger partial charge in [-0.05, 0) is 72.5 Å². The first-order chi connectivity index (χ1) is 18.8. The Hall–Kier alpha value is -4.30. The summed E-state index contributed by atoms with van der Waals surface area (Å²) in [6.07, 6.45) is 3.54. The van der Waals surface area contributed by atoms with E-state index in [1.807, 2.05) is 0 Å². The topological polar surface area (TPSA) is 9.86 Å². The maximum absolute atomic E-state index is 2.59. The van der Waals surface area contributed by atoms with Crippen LogP contribution in [0, 0.1) is 0 Å². The van der Waals surface area contributed by atoms with Gasteiger partial charge in [-0.3, -0.25) is 0 Å². The average Bonchev–Trinajstić information content (AvgIpc) is 3.48. The summed E-state index contributed by atoms with van der Waals surface area (Å²) < 4.78 is 4.97. The fourth-order valence-electron chi connectivity index (χ4n) is 6.43. The Balaban J connectivity index is 1.44. The van der Waals surface area contributed by atoms with Crippen LogP contribution in [-0.2, 0) is 0 Å². The van der Waals surface area contributed by atoms with Crippen molar-refractivity contribution in [1.82, 2.24) is 9.13 Å². The third-order valence-corrected chi connectivity index (χ3v) is 8.19. The molecule has 1 atom stereocenters. The van der Waals surface area contributed by atoms with Crippen LogP contribution >= 0.6 is 0 Å². The molecule has 7 rings (SSSR count). The highest BCUT2D eigenvalue weighted by atomic mass is 15.0. The molecule has 2 heterocycles. The lowest BCUT2D eigenvalue weighted by Crippen LogP contribution is -2.07. The zero-order chi connectivity index (χ0) is 25.6. The lowest BCUT2D eigenvalue weighted by Gasteiger charge is -2.19. The minimum absolute atomic E-state index is 0.522. The number of hydrogen-bond donors (Lipinski definition) is 0. The first-order valence-electron chi connectivity index (χ1n) is 13.9. The van der Waals surface area contributed by atoms with Gasteiger partial charge in [0.05, 0.1) is 11.0 Å². The molecule has 38 heavy (non-hydrogen) atoms. The number of aromatic nitrogens is 2. The van der Waals surface area contributed by atoms with Gasteiger partial charge in [0.25, 0.3) is 0 Å². The van der Waals surface area contributed by atoms with Crippen LogP contribution in [0.2, 0.25) is 0 Å². The molecule has 186 valence electrons. The smallest absolute Gasteiger partial charge is 0.0541 e. The van der Waals surface area contributed by atoms with Gasteiger partial charge in [0.15, 0.2) is 0 Å². The molecule has 0 amide bonds. The van der Waals surface area contributed by atoms with Gasteiger partial charge < -0.3 is 9.13 Å². The second-order valence-electron chi connectivity index (χ2n) is 10.4. The van der Waals surface area contributed by atoms with Gasteiger partial charge in [-0.2, -0.15) is 0 Å². The third-order valence-electron chi connectivity index (χ3n) is 8.19. The van der Waals surface area contributed by atoms with Crippen LogP contribution in [-0.4, -0.2) is 9.13 Å². The molecule has 2 aromatic heterocycles. The Kier molecular flexibility index (Phi) is 5.55. The minimum Gasteiger partial charge on any atom is -0.337 e. The van der Waals surface area contributed by atoms with Crippen LogP contribution in [0.1, 0.15) is 39.2 Å². The summed E-state index contributed by atoms with van der Waals surface area (Å²) in [4.78, 5) is 0. The van der Waals surface area contributed by atoms with Gasteiger partial charge in [0.1, 0.15) is 0 Å². The Morgan fingerprint density at radius 3 is 1.74 bits per heavy atom. The van der Waals surface area contributed by atoms with Gasteiger partial charge in [0.2, 0.25) is 0 Å². The first kappa shape index (κ1) is 22.9. The van der Waals surface area contributed by atoms with Crippen LogP contribution in [0.15, 0.2) is 115 Å². The van der Waals surface area contributed by atoms with Crippen molar-refractivity contribution >= 4 is 43.6 Å². The molecule has 0 aliphatic carbocycles. The van der Waals surface area contributed by atoms with Crippen LogP contribution in [0.3, 0.4) is 0 Å². The molecule has 5 aromatic carbocycles. The molecule has 0 fully saturated rings. The van der Waals surface area contributed by atoms with Crippen LogP contribution in [0.5, 0.6) is 0 Å². The number of para-hydroxylation sites is 3. The molecule has 0 saturated heterocycles. The fraction of sp³-hybridized carbons (Fsp3) is 0.167. The van der Waals surface area contributed by atoms with E-state index in [1.54, 1.807) is 0 Å². The molecule has 0 spiro atoms. The SMILES string of the molecule is CCCC(CC)n1c2ccccc2c2cc(-c3ccc4c(c3)c3ccccc3n4-c3ccccc3)ccc21. The van der Waals surface area contributed by atoms with E-state index in [-0.39, 0.29) is 0 Å². The summed E-state index contributed by atoms with van der Waals surface area (Å²) in [5.74, 6) is 0. The van der Waals surface area contributed by atoms with Crippen molar-refractivity contribution in [3.05, 3.63) is 115 Å². The van der Waals surface area contributed by atoms with Crippen LogP contribution in [0.25, 0.3) is 60.4 Å². The summed E-state index contributed by atoms with van der Waals surface area (Å²) in [7, 11) is 0. The molecule has 0 saturated carbocycles. The molecular weight excluding hydrogens is 460 g/mol. The van der Waals surface area contributed by atoms with Gasteiger partial charge >= 0.3 is 0 Å². The Morgan fingerprint density at radius 2 is 1.05 bits per heavy atom. The summed E-state index contributed by atoms with van der Waals surface area (Å²) in [6, 6.07) is 42.9. The lowest BCUT2D eigenvalue weighted by atomic mass is 10.0. The zero-order valence-corrected chi connectivity index (χ0v) is 22.1. The van der Waals surface area contributed by atoms with Crippen molar-refractivity contribution in [2.24, 2.45) is 0 Å². The lowest BCUT2D eigenvalue weighted by molar-refractivity contribution is 0.471. The molecular formula is C36H32N2. The minimum atomic E-state index is 0.522. The third kappa shape index (κ3) is 3.48. The zero-order valence-electron chi connectivity index (χ0n) is 22.1. The quantitative estimate of drug-likeness (QED) is 0.218. The van der Waals surface area contributed by atoms with Crippen molar-refractivity contribution in [3.63, 3.8) is 0 Å². The highest BCUT2D eigenvalue weighted by Gasteiger charge is 2.18. The summed E-state index contributed by atoms with van der Waals surface area (Å²) >= 11 is 0. The molecule has 0 aliphatic rings. The predicted octanol–water partition coefficient (Wildman–Crippen LogP) is 10.3. The van der Waals surface area contributed by atoms with Gasteiger partial charge in [-0.25, -0.2) is 0 Å². The Morgan fingerprint density at radius 1 is 0.526 bits per heavy atom. The van der Waals surface area contributed by atoms with Crippen molar-refractivity contribution in [3.8, 4) is 16.8 Å². The molecule has 1 unspecified atom stereocenters. The van der Waals surface area contributed by atoms with Gasteiger partial charge in [0, 0.05) is 44.3 Å². The number of fused-ring (bicyclic) bond motifs is 6. The molecule has 2 nitrogen and oxygen atoms in total. The Labute approximate surface area is 223 Å². The monoisotopic (exact) mass is 492 g/mol. The van der Waals surface area contributed by atoms with Crippen molar-refractivity contribution in [1.29, 1.82) is 0 Å². The van der Waals surface area contributed by atoms with Crippen molar-refractivity contribution < 1.29 is 0 Å². The molecule has 0 N–H and O–H groups in total. The highest BCUT2D eigenvalue weighted by molar-refractivity contribution is 6.12. The van der Waals surface area contributed by atoms with E-state index in [2.05, 4.69) is 138 Å². The van der Waals surface area contributed by atoms with Crippen molar-refractivity contribution in [2.75, 3.05) is 0 Å². The predicted molar refractivity (Wildman–Crippen MR) is 163 cm³/mol. The van der Waals surface area contributed by atoms with E-state index in [0.29, 0.717) is 6.04 Å². The van der Waals surface area contributed by atoms with E-state index in [4.69, 9.17) is 0 Å². The van der Waals surface area contributed by atoms with E-state index < -0.39 is 0 Å². The van der Waals surface area contributed by atoms with Crippen molar-refractivity contribution in [2.45, 2.75) is 39.2 Å². The van der Waals surface area contributed by atoms with E-state index in [1.165, 1.54) is 73.3 Å². The van der Waals surface area contributed by atoms with E-state index in [9.17, 15) is 0 Å². The molecule has 0 aliphatic heterocycles. The number of rotatable bonds is 6.